The lowest BCUT2D eigenvalue weighted by Gasteiger charge is -2.30. The van der Waals surface area contributed by atoms with Gasteiger partial charge in [0.25, 0.3) is 0 Å². The van der Waals surface area contributed by atoms with Crippen LogP contribution < -0.4 is 0 Å². The number of nitrogens with zero attached hydrogens (tertiary/aromatic N) is 2. The molecule has 0 aliphatic carbocycles. The minimum absolute atomic E-state index is 0.000308. The van der Waals surface area contributed by atoms with E-state index in [0.717, 1.165) is 6.42 Å². The molecule has 16 heavy (non-hydrogen) atoms. The van der Waals surface area contributed by atoms with Gasteiger partial charge < -0.3 is 0 Å². The van der Waals surface area contributed by atoms with E-state index in [1.54, 1.807) is 0 Å². The standard InChI is InChI=1S/C14H28N2/c1-5-7-9-13(3,10-8-6-2)11-12-14(4)15-16-14/h5-12H2,1-4H3. The van der Waals surface area contributed by atoms with E-state index in [1.807, 2.05) is 0 Å². The van der Waals surface area contributed by atoms with Gasteiger partial charge in [0.05, 0.1) is 0 Å². The first kappa shape index (κ1) is 13.7. The molecule has 1 heterocycles. The van der Waals surface area contributed by atoms with Crippen LogP contribution in [0, 0.1) is 5.41 Å². The Labute approximate surface area is 101 Å². The monoisotopic (exact) mass is 224 g/mol. The van der Waals surface area contributed by atoms with Crippen molar-refractivity contribution in [1.29, 1.82) is 0 Å². The van der Waals surface area contributed by atoms with Crippen molar-refractivity contribution in [3.63, 3.8) is 0 Å². The van der Waals surface area contributed by atoms with Gasteiger partial charge in [0.1, 0.15) is 0 Å². The lowest BCUT2D eigenvalue weighted by atomic mass is 9.75. The van der Waals surface area contributed by atoms with Crippen molar-refractivity contribution in [2.75, 3.05) is 0 Å². The highest BCUT2D eigenvalue weighted by molar-refractivity contribution is 4.90. The fraction of sp³-hybridized carbons (Fsp3) is 1.00. The van der Waals surface area contributed by atoms with Crippen LogP contribution in [0.1, 0.15) is 79.1 Å². The van der Waals surface area contributed by atoms with Gasteiger partial charge in [-0.2, -0.15) is 10.2 Å². The molecule has 1 rings (SSSR count). The average Bonchev–Trinajstić information content (AvgIpc) is 3.01. The van der Waals surface area contributed by atoms with E-state index in [2.05, 4.69) is 37.9 Å². The van der Waals surface area contributed by atoms with Crippen LogP contribution in [0.5, 0.6) is 0 Å². The van der Waals surface area contributed by atoms with Crippen LogP contribution in [0.15, 0.2) is 10.2 Å². The fourth-order valence-electron chi connectivity index (χ4n) is 2.31. The van der Waals surface area contributed by atoms with Crippen molar-refractivity contribution in [3.05, 3.63) is 0 Å². The molecule has 2 heteroatoms. The third-order valence-corrected chi connectivity index (χ3v) is 3.91. The molecule has 0 unspecified atom stereocenters. The summed E-state index contributed by atoms with van der Waals surface area (Å²) in [5, 5.41) is 8.25. The summed E-state index contributed by atoms with van der Waals surface area (Å²) in [6, 6.07) is 0. The summed E-state index contributed by atoms with van der Waals surface area (Å²) >= 11 is 0. The van der Waals surface area contributed by atoms with Crippen LogP contribution >= 0.6 is 0 Å². The van der Waals surface area contributed by atoms with Gasteiger partial charge in [-0.1, -0.05) is 46.5 Å². The van der Waals surface area contributed by atoms with Crippen molar-refractivity contribution in [3.8, 4) is 0 Å². The predicted octanol–water partition coefficient (Wildman–Crippen LogP) is 5.34. The molecule has 1 aliphatic rings. The smallest absolute Gasteiger partial charge is 0.159 e. The van der Waals surface area contributed by atoms with Crippen molar-refractivity contribution >= 4 is 0 Å². The van der Waals surface area contributed by atoms with Crippen LogP contribution in [-0.4, -0.2) is 5.66 Å². The minimum atomic E-state index is -0.000308. The number of hydrogen-bond acceptors (Lipinski definition) is 2. The topological polar surface area (TPSA) is 24.7 Å². The van der Waals surface area contributed by atoms with Crippen molar-refractivity contribution in [2.45, 2.75) is 84.7 Å². The van der Waals surface area contributed by atoms with Crippen molar-refractivity contribution < 1.29 is 0 Å². The molecule has 0 fully saturated rings. The zero-order valence-electron chi connectivity index (χ0n) is 11.6. The molecule has 0 aromatic heterocycles. The summed E-state index contributed by atoms with van der Waals surface area (Å²) in [5.74, 6) is 0. The van der Waals surface area contributed by atoms with Crippen LogP contribution in [0.4, 0.5) is 0 Å². The normalized spacial score (nSPS) is 17.8. The molecule has 0 aromatic carbocycles. The second-order valence-corrected chi connectivity index (χ2v) is 5.93. The molecule has 2 nitrogen and oxygen atoms in total. The highest BCUT2D eigenvalue weighted by atomic mass is 15.4. The van der Waals surface area contributed by atoms with Crippen LogP contribution in [-0.2, 0) is 0 Å². The van der Waals surface area contributed by atoms with Gasteiger partial charge in [0.2, 0.25) is 0 Å². The maximum atomic E-state index is 4.12. The SMILES string of the molecule is CCCCC(C)(CCCC)CCC1(C)N=N1. The molecule has 0 aromatic rings. The Kier molecular flexibility index (Phi) is 4.94. The van der Waals surface area contributed by atoms with E-state index in [1.165, 1.54) is 44.9 Å². The number of rotatable bonds is 9. The van der Waals surface area contributed by atoms with Crippen LogP contribution in [0.3, 0.4) is 0 Å². The van der Waals surface area contributed by atoms with Gasteiger partial charge in [-0.3, -0.25) is 0 Å². The zero-order valence-corrected chi connectivity index (χ0v) is 11.6. The lowest BCUT2D eigenvalue weighted by molar-refractivity contribution is 0.220. The summed E-state index contributed by atoms with van der Waals surface area (Å²) in [4.78, 5) is 0. The maximum Gasteiger partial charge on any atom is 0.188 e. The Morgan fingerprint density at radius 1 is 0.938 bits per heavy atom. The highest BCUT2D eigenvalue weighted by Gasteiger charge is 2.36. The van der Waals surface area contributed by atoms with E-state index in [9.17, 15) is 0 Å². The average molecular weight is 224 g/mol. The summed E-state index contributed by atoms with van der Waals surface area (Å²) in [7, 11) is 0. The summed E-state index contributed by atoms with van der Waals surface area (Å²) in [5.41, 5.74) is 0.530. The van der Waals surface area contributed by atoms with Gasteiger partial charge in [-0.05, 0) is 38.0 Å². The van der Waals surface area contributed by atoms with E-state index in [-0.39, 0.29) is 5.66 Å². The summed E-state index contributed by atoms with van der Waals surface area (Å²) in [6.45, 7) is 9.18. The van der Waals surface area contributed by atoms with Crippen LogP contribution in [0.25, 0.3) is 0 Å². The molecule has 0 bridgehead atoms. The zero-order chi connectivity index (χ0) is 12.1. The Morgan fingerprint density at radius 3 is 1.81 bits per heavy atom. The second-order valence-electron chi connectivity index (χ2n) is 5.93. The molecule has 0 radical (unpaired) electrons. The summed E-state index contributed by atoms with van der Waals surface area (Å²) < 4.78 is 0. The first-order chi connectivity index (χ1) is 7.54. The first-order valence-electron chi connectivity index (χ1n) is 6.98. The third kappa shape index (κ3) is 4.63. The molecular weight excluding hydrogens is 196 g/mol. The molecule has 0 amide bonds. The van der Waals surface area contributed by atoms with Gasteiger partial charge in [0.15, 0.2) is 5.66 Å². The van der Waals surface area contributed by atoms with Crippen molar-refractivity contribution in [2.24, 2.45) is 15.6 Å². The molecular formula is C14H28N2. The Balaban J connectivity index is 2.34. The molecule has 0 N–H and O–H groups in total. The van der Waals surface area contributed by atoms with Crippen molar-refractivity contribution in [1.82, 2.24) is 0 Å². The molecule has 94 valence electrons. The molecule has 1 aliphatic heterocycles. The number of unbranched alkanes of at least 4 members (excludes halogenated alkanes) is 2. The fourth-order valence-corrected chi connectivity index (χ4v) is 2.31. The third-order valence-electron chi connectivity index (χ3n) is 3.91. The highest BCUT2D eigenvalue weighted by Crippen LogP contribution is 2.41. The largest absolute Gasteiger partial charge is 0.188 e. The molecule has 0 spiro atoms. The van der Waals surface area contributed by atoms with E-state index in [4.69, 9.17) is 0 Å². The molecule has 0 saturated carbocycles. The predicted molar refractivity (Wildman–Crippen MR) is 69.7 cm³/mol. The van der Waals surface area contributed by atoms with Gasteiger partial charge in [-0.25, -0.2) is 0 Å². The maximum absolute atomic E-state index is 4.12. The van der Waals surface area contributed by atoms with Gasteiger partial charge >= 0.3 is 0 Å². The lowest BCUT2D eigenvalue weighted by Crippen LogP contribution is -2.19. The quantitative estimate of drug-likeness (QED) is 0.505. The Morgan fingerprint density at radius 2 is 1.44 bits per heavy atom. The molecule has 0 atom stereocenters. The number of hydrogen-bond donors (Lipinski definition) is 0. The first-order valence-corrected chi connectivity index (χ1v) is 6.98. The van der Waals surface area contributed by atoms with Gasteiger partial charge in [0, 0.05) is 0 Å². The second kappa shape index (κ2) is 5.79. The van der Waals surface area contributed by atoms with E-state index >= 15 is 0 Å². The van der Waals surface area contributed by atoms with Gasteiger partial charge in [-0.15, -0.1) is 0 Å². The molecule has 0 saturated heterocycles. The van der Waals surface area contributed by atoms with Crippen LogP contribution in [0.2, 0.25) is 0 Å². The van der Waals surface area contributed by atoms with E-state index < -0.39 is 0 Å². The Bertz CT molecular complexity index is 219. The Hall–Kier alpha value is -0.400. The minimum Gasteiger partial charge on any atom is -0.159 e. The summed E-state index contributed by atoms with van der Waals surface area (Å²) in [6.07, 6.45) is 10.5. The van der Waals surface area contributed by atoms with E-state index in [0.29, 0.717) is 5.41 Å².